The summed E-state index contributed by atoms with van der Waals surface area (Å²) in [5.41, 5.74) is 2.28. The van der Waals surface area contributed by atoms with Crippen molar-refractivity contribution < 1.29 is 17.7 Å². The fraction of sp³-hybridized carbons (Fsp3) is 0.524. The third kappa shape index (κ3) is 4.43. The summed E-state index contributed by atoms with van der Waals surface area (Å²) < 4.78 is 32.4. The first-order valence-electron chi connectivity index (χ1n) is 10.2. The van der Waals surface area contributed by atoms with Crippen LogP contribution in [0.1, 0.15) is 43.7 Å². The van der Waals surface area contributed by atoms with Gasteiger partial charge in [0.2, 0.25) is 15.9 Å². The van der Waals surface area contributed by atoms with Crippen LogP contribution in [-0.2, 0) is 14.8 Å². The molecule has 0 radical (unpaired) electrons. The number of para-hydroxylation sites is 1. The molecule has 0 spiro atoms. The predicted molar refractivity (Wildman–Crippen MR) is 115 cm³/mol. The summed E-state index contributed by atoms with van der Waals surface area (Å²) in [4.78, 5) is 15.0. The minimum atomic E-state index is -3.66. The molecule has 1 saturated heterocycles. The van der Waals surface area contributed by atoms with Gasteiger partial charge in [0.25, 0.3) is 0 Å². The number of amides is 1. The van der Waals surface area contributed by atoms with E-state index >= 15 is 0 Å². The van der Waals surface area contributed by atoms with Crippen molar-refractivity contribution in [3.05, 3.63) is 41.3 Å². The number of hydrogen-bond donors (Lipinski definition) is 1. The molecule has 1 unspecified atom stereocenters. The lowest BCUT2D eigenvalue weighted by Crippen LogP contribution is -2.54. The number of aryl methyl sites for hydroxylation is 2. The number of sulfonamides is 1. The molecule has 8 nitrogen and oxygen atoms in total. The van der Waals surface area contributed by atoms with E-state index in [1.807, 2.05) is 36.1 Å². The van der Waals surface area contributed by atoms with Crippen molar-refractivity contribution >= 4 is 21.6 Å². The lowest BCUT2D eigenvalue weighted by atomic mass is 10.0. The second-order valence-electron chi connectivity index (χ2n) is 8.00. The highest BCUT2D eigenvalue weighted by molar-refractivity contribution is 7.89. The van der Waals surface area contributed by atoms with E-state index in [4.69, 9.17) is 4.52 Å². The molecule has 1 N–H and O–H groups in total. The first-order chi connectivity index (χ1) is 14.1. The van der Waals surface area contributed by atoms with E-state index in [-0.39, 0.29) is 16.8 Å². The third-order valence-electron chi connectivity index (χ3n) is 5.61. The summed E-state index contributed by atoms with van der Waals surface area (Å²) in [6.45, 7) is 10.8. The van der Waals surface area contributed by atoms with Crippen LogP contribution >= 0.6 is 0 Å². The van der Waals surface area contributed by atoms with Gasteiger partial charge in [-0.2, -0.15) is 4.31 Å². The number of aromatic nitrogens is 1. The first-order valence-corrected chi connectivity index (χ1v) is 11.6. The zero-order valence-electron chi connectivity index (χ0n) is 18.2. The Morgan fingerprint density at radius 1 is 1.10 bits per heavy atom. The van der Waals surface area contributed by atoms with Crippen LogP contribution in [0, 0.1) is 13.8 Å². The van der Waals surface area contributed by atoms with Crippen molar-refractivity contribution in [1.29, 1.82) is 0 Å². The van der Waals surface area contributed by atoms with Crippen LogP contribution in [0.15, 0.2) is 33.7 Å². The number of hydrogen-bond acceptors (Lipinski definition) is 6. The Labute approximate surface area is 178 Å². The molecule has 1 fully saturated rings. The predicted octanol–water partition coefficient (Wildman–Crippen LogP) is 2.75. The van der Waals surface area contributed by atoms with Gasteiger partial charge in [0.1, 0.15) is 10.6 Å². The molecule has 1 aromatic carbocycles. The van der Waals surface area contributed by atoms with Crippen molar-refractivity contribution in [2.75, 3.05) is 31.5 Å². The summed E-state index contributed by atoms with van der Waals surface area (Å²) >= 11 is 0. The molecule has 3 rings (SSSR count). The maximum absolute atomic E-state index is 13.0. The molecule has 2 heterocycles. The van der Waals surface area contributed by atoms with Crippen LogP contribution in [-0.4, -0.2) is 60.9 Å². The van der Waals surface area contributed by atoms with Gasteiger partial charge in [0.15, 0.2) is 5.76 Å². The molecule has 1 aromatic heterocycles. The summed E-state index contributed by atoms with van der Waals surface area (Å²) in [7, 11) is -3.66. The van der Waals surface area contributed by atoms with Gasteiger partial charge in [-0.05, 0) is 38.3 Å². The van der Waals surface area contributed by atoms with Crippen molar-refractivity contribution in [1.82, 2.24) is 14.4 Å². The molecule has 2 aromatic rings. The lowest BCUT2D eigenvalue weighted by molar-refractivity contribution is -0.121. The Balaban J connectivity index is 1.64. The van der Waals surface area contributed by atoms with Crippen LogP contribution in [0.25, 0.3) is 0 Å². The number of anilines is 1. The monoisotopic (exact) mass is 434 g/mol. The number of rotatable bonds is 6. The SMILES string of the molecule is Cc1noc(C)c1S(=O)(=O)N1CCN(C(C)C(=O)Nc2ccccc2C(C)C)CC1. The summed E-state index contributed by atoms with van der Waals surface area (Å²) in [6, 6.07) is 7.43. The molecule has 9 heteroatoms. The smallest absolute Gasteiger partial charge is 0.248 e. The maximum Gasteiger partial charge on any atom is 0.248 e. The molecule has 1 amide bonds. The number of nitrogens with one attached hydrogen (secondary N) is 1. The summed E-state index contributed by atoms with van der Waals surface area (Å²) in [6.07, 6.45) is 0. The second kappa shape index (κ2) is 8.87. The molecule has 0 aliphatic carbocycles. The number of nitrogens with zero attached hydrogens (tertiary/aromatic N) is 3. The molecule has 0 bridgehead atoms. The molecule has 1 atom stereocenters. The molecule has 0 saturated carbocycles. The van der Waals surface area contributed by atoms with Gasteiger partial charge in [-0.15, -0.1) is 0 Å². The Morgan fingerprint density at radius 2 is 1.73 bits per heavy atom. The Hall–Kier alpha value is -2.23. The van der Waals surface area contributed by atoms with Gasteiger partial charge in [-0.1, -0.05) is 37.2 Å². The first kappa shape index (κ1) is 22.5. The number of piperazine rings is 1. The quantitative estimate of drug-likeness (QED) is 0.751. The highest BCUT2D eigenvalue weighted by Gasteiger charge is 2.35. The van der Waals surface area contributed by atoms with Crippen LogP contribution in [0.5, 0.6) is 0 Å². The minimum absolute atomic E-state index is 0.0925. The summed E-state index contributed by atoms with van der Waals surface area (Å²) in [5.74, 6) is 0.506. The van der Waals surface area contributed by atoms with E-state index in [0.29, 0.717) is 43.6 Å². The lowest BCUT2D eigenvalue weighted by Gasteiger charge is -2.36. The average molecular weight is 435 g/mol. The fourth-order valence-corrected chi connectivity index (χ4v) is 5.53. The zero-order valence-corrected chi connectivity index (χ0v) is 19.0. The zero-order chi connectivity index (χ0) is 22.1. The second-order valence-corrected chi connectivity index (χ2v) is 9.88. The van der Waals surface area contributed by atoms with Crippen molar-refractivity contribution in [2.45, 2.75) is 51.5 Å². The van der Waals surface area contributed by atoms with E-state index in [1.54, 1.807) is 13.8 Å². The standard InChI is InChI=1S/C21H30N4O4S/c1-14(2)18-8-6-7-9-19(18)22-21(26)16(4)24-10-12-25(13-11-24)30(27,28)20-15(3)23-29-17(20)5/h6-9,14,16H,10-13H2,1-5H3,(H,22,26). The number of carbonyl (C=O) groups excluding carboxylic acids is 1. The topological polar surface area (TPSA) is 95.8 Å². The van der Waals surface area contributed by atoms with Crippen LogP contribution < -0.4 is 5.32 Å². The number of carbonyl (C=O) groups is 1. The van der Waals surface area contributed by atoms with Gasteiger partial charge >= 0.3 is 0 Å². The summed E-state index contributed by atoms with van der Waals surface area (Å²) in [5, 5.41) is 6.79. The van der Waals surface area contributed by atoms with E-state index in [2.05, 4.69) is 24.3 Å². The van der Waals surface area contributed by atoms with Crippen molar-refractivity contribution in [3.8, 4) is 0 Å². The van der Waals surface area contributed by atoms with Crippen LogP contribution in [0.4, 0.5) is 5.69 Å². The van der Waals surface area contributed by atoms with Gasteiger partial charge in [-0.3, -0.25) is 9.69 Å². The largest absolute Gasteiger partial charge is 0.360 e. The molecule has 30 heavy (non-hydrogen) atoms. The Morgan fingerprint density at radius 3 is 2.30 bits per heavy atom. The Kier molecular flexibility index (Phi) is 6.64. The van der Waals surface area contributed by atoms with E-state index in [9.17, 15) is 13.2 Å². The molecular weight excluding hydrogens is 404 g/mol. The molecule has 1 aliphatic rings. The van der Waals surface area contributed by atoms with Gasteiger partial charge in [0.05, 0.1) is 6.04 Å². The van der Waals surface area contributed by atoms with Crippen molar-refractivity contribution in [2.24, 2.45) is 0 Å². The normalized spacial score (nSPS) is 17.3. The number of benzene rings is 1. The van der Waals surface area contributed by atoms with Crippen molar-refractivity contribution in [3.63, 3.8) is 0 Å². The molecular formula is C21H30N4O4S. The molecule has 1 aliphatic heterocycles. The maximum atomic E-state index is 13.0. The van der Waals surface area contributed by atoms with E-state index < -0.39 is 10.0 Å². The average Bonchev–Trinajstić information content (AvgIpc) is 3.06. The third-order valence-corrected chi connectivity index (χ3v) is 7.75. The highest BCUT2D eigenvalue weighted by Crippen LogP contribution is 2.26. The van der Waals surface area contributed by atoms with Gasteiger partial charge < -0.3 is 9.84 Å². The highest BCUT2D eigenvalue weighted by atomic mass is 32.2. The fourth-order valence-electron chi connectivity index (χ4n) is 3.82. The molecule has 164 valence electrons. The van der Waals surface area contributed by atoms with E-state index in [1.165, 1.54) is 4.31 Å². The minimum Gasteiger partial charge on any atom is -0.360 e. The van der Waals surface area contributed by atoms with Crippen LogP contribution in [0.2, 0.25) is 0 Å². The van der Waals surface area contributed by atoms with Gasteiger partial charge in [0, 0.05) is 31.9 Å². The van der Waals surface area contributed by atoms with Gasteiger partial charge in [-0.25, -0.2) is 8.42 Å². The van der Waals surface area contributed by atoms with E-state index in [0.717, 1.165) is 11.3 Å². The Bertz CT molecular complexity index is 988. The van der Waals surface area contributed by atoms with Crippen LogP contribution in [0.3, 0.4) is 0 Å².